The zero-order valence-corrected chi connectivity index (χ0v) is 11.2. The molecule has 0 radical (unpaired) electrons. The number of nitrogens with one attached hydrogen (secondary N) is 1. The van der Waals surface area contributed by atoms with E-state index < -0.39 is 4.92 Å². The SMILES string of the molecule is CCSCCCNc1ccc([N+](=O)[O-])cc1Cl. The highest BCUT2D eigenvalue weighted by Gasteiger charge is 2.08. The minimum Gasteiger partial charge on any atom is -0.384 e. The molecule has 0 aromatic heterocycles. The van der Waals surface area contributed by atoms with Gasteiger partial charge in [0.1, 0.15) is 0 Å². The molecule has 0 unspecified atom stereocenters. The molecule has 0 aliphatic rings. The molecule has 0 heterocycles. The van der Waals surface area contributed by atoms with Crippen LogP contribution in [0.1, 0.15) is 13.3 Å². The lowest BCUT2D eigenvalue weighted by molar-refractivity contribution is -0.384. The molecule has 0 bridgehead atoms. The highest BCUT2D eigenvalue weighted by molar-refractivity contribution is 7.99. The smallest absolute Gasteiger partial charge is 0.271 e. The lowest BCUT2D eigenvalue weighted by atomic mass is 10.3. The summed E-state index contributed by atoms with van der Waals surface area (Å²) >= 11 is 7.83. The van der Waals surface area contributed by atoms with Crippen LogP contribution >= 0.6 is 23.4 Å². The van der Waals surface area contributed by atoms with Crippen LogP contribution in [0.2, 0.25) is 5.02 Å². The molecule has 1 N–H and O–H groups in total. The van der Waals surface area contributed by atoms with Gasteiger partial charge in [0, 0.05) is 18.7 Å². The van der Waals surface area contributed by atoms with Gasteiger partial charge in [-0.15, -0.1) is 0 Å². The van der Waals surface area contributed by atoms with Gasteiger partial charge in [-0.2, -0.15) is 11.8 Å². The van der Waals surface area contributed by atoms with E-state index in [1.807, 2.05) is 11.8 Å². The average molecular weight is 275 g/mol. The van der Waals surface area contributed by atoms with E-state index in [2.05, 4.69) is 12.2 Å². The van der Waals surface area contributed by atoms with E-state index in [9.17, 15) is 10.1 Å². The maximum absolute atomic E-state index is 10.5. The van der Waals surface area contributed by atoms with Gasteiger partial charge in [0.05, 0.1) is 15.6 Å². The maximum Gasteiger partial charge on any atom is 0.271 e. The number of nitro benzene ring substituents is 1. The molecule has 1 aromatic rings. The third-order valence-electron chi connectivity index (χ3n) is 2.15. The fourth-order valence-corrected chi connectivity index (χ4v) is 2.18. The molecule has 1 aromatic carbocycles. The van der Waals surface area contributed by atoms with Crippen LogP contribution in [-0.2, 0) is 0 Å². The minimum absolute atomic E-state index is 0.0158. The van der Waals surface area contributed by atoms with Crippen LogP contribution in [0.3, 0.4) is 0 Å². The number of thioether (sulfide) groups is 1. The molecule has 0 amide bonds. The summed E-state index contributed by atoms with van der Waals surface area (Å²) in [6.07, 6.45) is 1.05. The van der Waals surface area contributed by atoms with Gasteiger partial charge in [-0.3, -0.25) is 10.1 Å². The quantitative estimate of drug-likeness (QED) is 0.467. The topological polar surface area (TPSA) is 55.2 Å². The van der Waals surface area contributed by atoms with Gasteiger partial charge < -0.3 is 5.32 Å². The Morgan fingerprint density at radius 3 is 2.88 bits per heavy atom. The monoisotopic (exact) mass is 274 g/mol. The van der Waals surface area contributed by atoms with Crippen LogP contribution in [0.4, 0.5) is 11.4 Å². The van der Waals surface area contributed by atoms with Gasteiger partial charge >= 0.3 is 0 Å². The molecule has 0 atom stereocenters. The summed E-state index contributed by atoms with van der Waals surface area (Å²) < 4.78 is 0. The normalized spacial score (nSPS) is 10.2. The molecular formula is C11H15ClN2O2S. The van der Waals surface area contributed by atoms with Crippen molar-refractivity contribution >= 4 is 34.7 Å². The number of nitrogens with zero attached hydrogens (tertiary/aromatic N) is 1. The van der Waals surface area contributed by atoms with E-state index in [1.54, 1.807) is 6.07 Å². The third kappa shape index (κ3) is 4.83. The van der Waals surface area contributed by atoms with E-state index in [4.69, 9.17) is 11.6 Å². The number of halogens is 1. The Morgan fingerprint density at radius 2 is 2.29 bits per heavy atom. The summed E-state index contributed by atoms with van der Waals surface area (Å²) in [5.74, 6) is 2.23. The Labute approximate surface area is 110 Å². The fourth-order valence-electron chi connectivity index (χ4n) is 1.30. The minimum atomic E-state index is -0.451. The number of benzene rings is 1. The van der Waals surface area contributed by atoms with Crippen molar-refractivity contribution in [1.29, 1.82) is 0 Å². The number of rotatable bonds is 7. The largest absolute Gasteiger partial charge is 0.384 e. The highest BCUT2D eigenvalue weighted by Crippen LogP contribution is 2.26. The Morgan fingerprint density at radius 1 is 1.53 bits per heavy atom. The first-order valence-electron chi connectivity index (χ1n) is 5.40. The zero-order valence-electron chi connectivity index (χ0n) is 9.61. The van der Waals surface area contributed by atoms with Crippen molar-refractivity contribution in [2.75, 3.05) is 23.4 Å². The fraction of sp³-hybridized carbons (Fsp3) is 0.455. The number of nitro groups is 1. The molecule has 0 spiro atoms. The van der Waals surface area contributed by atoms with Crippen LogP contribution in [0.15, 0.2) is 18.2 Å². The molecule has 0 aliphatic carbocycles. The van der Waals surface area contributed by atoms with Crippen LogP contribution in [0.5, 0.6) is 0 Å². The highest BCUT2D eigenvalue weighted by atomic mass is 35.5. The number of anilines is 1. The second-order valence-corrected chi connectivity index (χ2v) is 5.20. The second-order valence-electron chi connectivity index (χ2n) is 3.40. The molecule has 6 heteroatoms. The maximum atomic E-state index is 10.5. The van der Waals surface area contributed by atoms with E-state index >= 15 is 0 Å². The van der Waals surface area contributed by atoms with Crippen molar-refractivity contribution in [3.8, 4) is 0 Å². The summed E-state index contributed by atoms with van der Waals surface area (Å²) in [7, 11) is 0. The van der Waals surface area contributed by atoms with Crippen LogP contribution in [0, 0.1) is 10.1 Å². The average Bonchev–Trinajstić information content (AvgIpc) is 2.30. The summed E-state index contributed by atoms with van der Waals surface area (Å²) in [5.41, 5.74) is 0.765. The van der Waals surface area contributed by atoms with Gasteiger partial charge in [0.2, 0.25) is 0 Å². The summed E-state index contributed by atoms with van der Waals surface area (Å²) in [5, 5.41) is 14.1. The predicted octanol–water partition coefficient (Wildman–Crippen LogP) is 3.80. The van der Waals surface area contributed by atoms with E-state index in [1.165, 1.54) is 12.1 Å². The Balaban J connectivity index is 2.46. The van der Waals surface area contributed by atoms with Crippen molar-refractivity contribution in [2.24, 2.45) is 0 Å². The van der Waals surface area contributed by atoms with Gasteiger partial charge in [-0.25, -0.2) is 0 Å². The molecule has 94 valence electrons. The number of non-ortho nitro benzene ring substituents is 1. The van der Waals surface area contributed by atoms with Crippen molar-refractivity contribution in [3.05, 3.63) is 33.3 Å². The van der Waals surface area contributed by atoms with Crippen LogP contribution < -0.4 is 5.32 Å². The second kappa shape index (κ2) is 7.40. The lowest BCUT2D eigenvalue weighted by Crippen LogP contribution is -2.03. The molecule has 1 rings (SSSR count). The van der Waals surface area contributed by atoms with Crippen molar-refractivity contribution in [2.45, 2.75) is 13.3 Å². The first-order valence-corrected chi connectivity index (χ1v) is 6.94. The Hall–Kier alpha value is -0.940. The Kier molecular flexibility index (Phi) is 6.15. The molecule has 0 saturated carbocycles. The van der Waals surface area contributed by atoms with Crippen molar-refractivity contribution in [3.63, 3.8) is 0 Å². The molecule has 0 fully saturated rings. The van der Waals surface area contributed by atoms with E-state index in [-0.39, 0.29) is 5.69 Å². The van der Waals surface area contributed by atoms with Crippen molar-refractivity contribution in [1.82, 2.24) is 0 Å². The Bertz CT molecular complexity index is 388. The zero-order chi connectivity index (χ0) is 12.7. The lowest BCUT2D eigenvalue weighted by Gasteiger charge is -2.07. The van der Waals surface area contributed by atoms with E-state index in [0.717, 1.165) is 30.2 Å². The number of hydrogen-bond acceptors (Lipinski definition) is 4. The summed E-state index contributed by atoms with van der Waals surface area (Å²) in [4.78, 5) is 10.1. The molecule has 17 heavy (non-hydrogen) atoms. The van der Waals surface area contributed by atoms with Gasteiger partial charge in [-0.1, -0.05) is 18.5 Å². The molecule has 4 nitrogen and oxygen atoms in total. The summed E-state index contributed by atoms with van der Waals surface area (Å²) in [6, 6.07) is 4.47. The number of hydrogen-bond donors (Lipinski definition) is 1. The van der Waals surface area contributed by atoms with Gasteiger partial charge in [-0.05, 0) is 24.0 Å². The standard InChI is InChI=1S/C11H15ClN2O2S/c1-2-17-7-3-6-13-11-5-4-9(14(15)16)8-10(11)12/h4-5,8,13H,2-3,6-7H2,1H3. The molecule has 0 saturated heterocycles. The van der Waals surface area contributed by atoms with Crippen molar-refractivity contribution < 1.29 is 4.92 Å². The van der Waals surface area contributed by atoms with Crippen LogP contribution in [0.25, 0.3) is 0 Å². The first-order chi connectivity index (χ1) is 8.15. The van der Waals surface area contributed by atoms with Gasteiger partial charge in [0.15, 0.2) is 0 Å². The van der Waals surface area contributed by atoms with Crippen LogP contribution in [-0.4, -0.2) is 23.0 Å². The summed E-state index contributed by atoms with van der Waals surface area (Å²) in [6.45, 7) is 2.95. The van der Waals surface area contributed by atoms with E-state index in [0.29, 0.717) is 5.02 Å². The molecule has 0 aliphatic heterocycles. The third-order valence-corrected chi connectivity index (χ3v) is 3.45. The first kappa shape index (κ1) is 14.1. The van der Waals surface area contributed by atoms with Gasteiger partial charge in [0.25, 0.3) is 5.69 Å². The molecular weight excluding hydrogens is 260 g/mol. The predicted molar refractivity (Wildman–Crippen MR) is 74.2 cm³/mol.